The number of hydrogen-bond acceptors (Lipinski definition) is 3. The van der Waals surface area contributed by atoms with Crippen LogP contribution >= 0.6 is 11.8 Å². The average Bonchev–Trinajstić information content (AvgIpc) is 2.54. The fraction of sp³-hybridized carbons (Fsp3) is 1.00. The molecule has 1 fully saturated rings. The zero-order valence-electron chi connectivity index (χ0n) is 11.9. The summed E-state index contributed by atoms with van der Waals surface area (Å²) in [5.74, 6) is 0. The summed E-state index contributed by atoms with van der Waals surface area (Å²) < 4.78 is 0. The van der Waals surface area contributed by atoms with Gasteiger partial charge in [-0.25, -0.2) is 0 Å². The van der Waals surface area contributed by atoms with Crippen molar-refractivity contribution in [2.45, 2.75) is 51.2 Å². The molecule has 0 aliphatic carbocycles. The van der Waals surface area contributed by atoms with Crippen molar-refractivity contribution in [2.24, 2.45) is 11.1 Å². The third-order valence-corrected chi connectivity index (χ3v) is 5.19. The van der Waals surface area contributed by atoms with Crippen LogP contribution in [0.15, 0.2) is 0 Å². The first-order chi connectivity index (χ1) is 8.13. The van der Waals surface area contributed by atoms with Gasteiger partial charge in [0.2, 0.25) is 0 Å². The summed E-state index contributed by atoms with van der Waals surface area (Å²) in [6.07, 6.45) is 8.86. The van der Waals surface area contributed by atoms with Crippen molar-refractivity contribution in [3.8, 4) is 0 Å². The quantitative estimate of drug-likeness (QED) is 0.794. The van der Waals surface area contributed by atoms with Gasteiger partial charge in [0.25, 0.3) is 0 Å². The molecule has 102 valence electrons. The Bertz CT molecular complexity index is 210. The highest BCUT2D eigenvalue weighted by atomic mass is 32.2. The monoisotopic (exact) mass is 258 g/mol. The van der Waals surface area contributed by atoms with E-state index in [1.54, 1.807) is 0 Å². The molecule has 0 saturated carbocycles. The van der Waals surface area contributed by atoms with E-state index in [1.165, 1.54) is 51.7 Å². The number of likely N-dealkylation sites (tertiary alicyclic amines) is 1. The first-order valence-electron chi connectivity index (χ1n) is 7.09. The third kappa shape index (κ3) is 5.19. The minimum atomic E-state index is 0.327. The van der Waals surface area contributed by atoms with Crippen LogP contribution in [-0.4, -0.2) is 42.6 Å². The average molecular weight is 258 g/mol. The summed E-state index contributed by atoms with van der Waals surface area (Å²) in [6, 6.07) is 0. The van der Waals surface area contributed by atoms with E-state index < -0.39 is 0 Å². The molecular formula is C14H30N2S. The van der Waals surface area contributed by atoms with E-state index in [-0.39, 0.29) is 0 Å². The van der Waals surface area contributed by atoms with Gasteiger partial charge in [0.05, 0.1) is 0 Å². The van der Waals surface area contributed by atoms with Crippen molar-refractivity contribution in [2.75, 3.05) is 32.4 Å². The largest absolute Gasteiger partial charge is 0.330 e. The Labute approximate surface area is 112 Å². The molecule has 2 unspecified atom stereocenters. The van der Waals surface area contributed by atoms with Crippen molar-refractivity contribution >= 4 is 11.8 Å². The van der Waals surface area contributed by atoms with Crippen LogP contribution < -0.4 is 5.73 Å². The number of nitrogens with two attached hydrogens (primary N) is 1. The molecule has 0 aromatic heterocycles. The highest BCUT2D eigenvalue weighted by Crippen LogP contribution is 2.26. The van der Waals surface area contributed by atoms with E-state index in [0.717, 1.165) is 11.8 Å². The van der Waals surface area contributed by atoms with Crippen LogP contribution in [0.5, 0.6) is 0 Å². The molecule has 0 amide bonds. The summed E-state index contributed by atoms with van der Waals surface area (Å²) in [4.78, 5) is 2.65. The molecule has 1 aliphatic heterocycles. The first kappa shape index (κ1) is 15.3. The van der Waals surface area contributed by atoms with Crippen LogP contribution in [0.3, 0.4) is 0 Å². The Hall–Kier alpha value is 0.270. The Morgan fingerprint density at radius 3 is 2.71 bits per heavy atom. The smallest absolute Gasteiger partial charge is 0.00569 e. The summed E-state index contributed by atoms with van der Waals surface area (Å²) in [5.41, 5.74) is 6.30. The second kappa shape index (κ2) is 7.65. The van der Waals surface area contributed by atoms with Gasteiger partial charge in [-0.3, -0.25) is 0 Å². The van der Waals surface area contributed by atoms with E-state index in [2.05, 4.69) is 25.0 Å². The number of thioether (sulfide) groups is 1. The topological polar surface area (TPSA) is 29.3 Å². The minimum absolute atomic E-state index is 0.327. The summed E-state index contributed by atoms with van der Waals surface area (Å²) in [7, 11) is 0. The molecule has 2 nitrogen and oxygen atoms in total. The number of nitrogens with zero attached hydrogens (tertiary/aromatic N) is 1. The van der Waals surface area contributed by atoms with Gasteiger partial charge in [-0.1, -0.05) is 20.3 Å². The molecule has 17 heavy (non-hydrogen) atoms. The van der Waals surface area contributed by atoms with E-state index in [1.807, 2.05) is 11.8 Å². The second-order valence-corrected chi connectivity index (χ2v) is 6.97. The number of rotatable bonds is 6. The van der Waals surface area contributed by atoms with E-state index in [4.69, 9.17) is 5.73 Å². The molecule has 0 aromatic carbocycles. The van der Waals surface area contributed by atoms with Crippen molar-refractivity contribution < 1.29 is 0 Å². The van der Waals surface area contributed by atoms with Crippen LogP contribution in [0.2, 0.25) is 0 Å². The van der Waals surface area contributed by atoms with Gasteiger partial charge in [-0.2, -0.15) is 11.8 Å². The zero-order chi connectivity index (χ0) is 12.7. The summed E-state index contributed by atoms with van der Waals surface area (Å²) in [6.45, 7) is 9.18. The maximum atomic E-state index is 5.97. The van der Waals surface area contributed by atoms with Crippen LogP contribution in [0.4, 0.5) is 0 Å². The lowest BCUT2D eigenvalue weighted by Gasteiger charge is -2.34. The fourth-order valence-corrected chi connectivity index (χ4v) is 3.65. The van der Waals surface area contributed by atoms with E-state index in [0.29, 0.717) is 5.41 Å². The standard InChI is InChI=1S/C14H30N2S/c1-4-8-14(2,11-15)12-16-9-5-6-13(17-3)7-10-16/h13H,4-12,15H2,1-3H3. The van der Waals surface area contributed by atoms with Gasteiger partial charge >= 0.3 is 0 Å². The van der Waals surface area contributed by atoms with E-state index in [9.17, 15) is 0 Å². The van der Waals surface area contributed by atoms with Gasteiger partial charge in [0.1, 0.15) is 0 Å². The molecule has 3 heteroatoms. The van der Waals surface area contributed by atoms with Crippen LogP contribution in [0.25, 0.3) is 0 Å². The Morgan fingerprint density at radius 2 is 2.12 bits per heavy atom. The molecule has 0 aromatic rings. The van der Waals surface area contributed by atoms with E-state index >= 15 is 0 Å². The van der Waals surface area contributed by atoms with Crippen molar-refractivity contribution in [1.82, 2.24) is 4.90 Å². The molecule has 1 heterocycles. The van der Waals surface area contributed by atoms with Gasteiger partial charge in [-0.05, 0) is 57.0 Å². The normalized spacial score (nSPS) is 26.5. The zero-order valence-corrected chi connectivity index (χ0v) is 12.7. The molecule has 2 N–H and O–H groups in total. The predicted molar refractivity (Wildman–Crippen MR) is 79.7 cm³/mol. The lowest BCUT2D eigenvalue weighted by Crippen LogP contribution is -2.41. The fourth-order valence-electron chi connectivity index (χ4n) is 2.91. The second-order valence-electron chi connectivity index (χ2n) is 5.83. The van der Waals surface area contributed by atoms with Crippen LogP contribution in [0, 0.1) is 5.41 Å². The van der Waals surface area contributed by atoms with Crippen molar-refractivity contribution in [1.29, 1.82) is 0 Å². The van der Waals surface area contributed by atoms with Crippen molar-refractivity contribution in [3.63, 3.8) is 0 Å². The lowest BCUT2D eigenvalue weighted by atomic mass is 9.85. The Balaban J connectivity index is 2.44. The van der Waals surface area contributed by atoms with Gasteiger partial charge in [0.15, 0.2) is 0 Å². The summed E-state index contributed by atoms with van der Waals surface area (Å²) >= 11 is 2.04. The summed E-state index contributed by atoms with van der Waals surface area (Å²) in [5, 5.41) is 0.885. The molecule has 0 radical (unpaired) electrons. The maximum Gasteiger partial charge on any atom is 0.00569 e. The van der Waals surface area contributed by atoms with Gasteiger partial charge < -0.3 is 10.6 Å². The number of hydrogen-bond donors (Lipinski definition) is 1. The van der Waals surface area contributed by atoms with Crippen LogP contribution in [-0.2, 0) is 0 Å². The highest BCUT2D eigenvalue weighted by molar-refractivity contribution is 7.99. The SMILES string of the molecule is CCCC(C)(CN)CN1CCCC(SC)CC1. The molecule has 1 saturated heterocycles. The highest BCUT2D eigenvalue weighted by Gasteiger charge is 2.26. The van der Waals surface area contributed by atoms with Crippen LogP contribution in [0.1, 0.15) is 46.0 Å². The first-order valence-corrected chi connectivity index (χ1v) is 8.37. The maximum absolute atomic E-state index is 5.97. The van der Waals surface area contributed by atoms with Gasteiger partial charge in [0, 0.05) is 11.8 Å². The predicted octanol–water partition coefficient (Wildman–Crippen LogP) is 2.97. The molecule has 1 rings (SSSR count). The lowest BCUT2D eigenvalue weighted by molar-refractivity contribution is 0.162. The van der Waals surface area contributed by atoms with Crippen molar-refractivity contribution in [3.05, 3.63) is 0 Å². The minimum Gasteiger partial charge on any atom is -0.330 e. The van der Waals surface area contributed by atoms with Gasteiger partial charge in [-0.15, -0.1) is 0 Å². The molecule has 0 spiro atoms. The molecular weight excluding hydrogens is 228 g/mol. The third-order valence-electron chi connectivity index (χ3n) is 4.05. The Kier molecular flexibility index (Phi) is 6.90. The molecule has 2 atom stereocenters. The molecule has 0 bridgehead atoms. The Morgan fingerprint density at radius 1 is 1.35 bits per heavy atom. The molecule has 1 aliphatic rings.